The summed E-state index contributed by atoms with van der Waals surface area (Å²) in [7, 11) is 0. The number of hydrogen-bond acceptors (Lipinski definition) is 8. The molecule has 8 heteroatoms. The molecule has 4 N–H and O–H groups in total. The molecule has 0 aliphatic carbocycles. The molecule has 124 valence electrons. The Morgan fingerprint density at radius 1 is 1.00 bits per heavy atom. The average Bonchev–Trinajstić information content (AvgIpc) is 2.55. The third-order valence-corrected chi connectivity index (χ3v) is 3.23. The molecule has 0 radical (unpaired) electrons. The van der Waals surface area contributed by atoms with Crippen LogP contribution in [-0.4, -0.2) is 63.1 Å². The summed E-state index contributed by atoms with van der Waals surface area (Å²) >= 11 is 0. The minimum absolute atomic E-state index is 0.708. The first-order valence-electron chi connectivity index (χ1n) is 6.76. The quantitative estimate of drug-likeness (QED) is 0.302. The number of hydrogen-bond donors (Lipinski definition) is 4. The van der Waals surface area contributed by atoms with Gasteiger partial charge in [-0.25, -0.2) is 9.59 Å². The lowest BCUT2D eigenvalue weighted by Crippen LogP contribution is -2.60. The number of esters is 2. The van der Waals surface area contributed by atoms with Crippen LogP contribution in [0.5, 0.6) is 0 Å². The second kappa shape index (κ2) is 7.44. The molecular formula is C15H16O8. The van der Waals surface area contributed by atoms with Gasteiger partial charge in [0.2, 0.25) is 0 Å². The van der Waals surface area contributed by atoms with Crippen LogP contribution >= 0.6 is 0 Å². The van der Waals surface area contributed by atoms with Crippen LogP contribution in [0.1, 0.15) is 5.56 Å². The summed E-state index contributed by atoms with van der Waals surface area (Å²) in [6.45, 7) is 0. The molecule has 0 saturated carbocycles. The van der Waals surface area contributed by atoms with Crippen LogP contribution in [-0.2, 0) is 19.1 Å². The van der Waals surface area contributed by atoms with Gasteiger partial charge in [0.05, 0.1) is 0 Å². The van der Waals surface area contributed by atoms with E-state index in [1.54, 1.807) is 30.3 Å². The maximum atomic E-state index is 11.8. The SMILES string of the molecule is O=C(/C=C/c1ccccc1)OC(=O)[C@H]1O[C@@H](O)[C@H](O)[C@@H](O)[C@@H]1O. The molecule has 1 heterocycles. The zero-order valence-electron chi connectivity index (χ0n) is 11.9. The molecule has 0 bridgehead atoms. The van der Waals surface area contributed by atoms with Crippen LogP contribution in [0.3, 0.4) is 0 Å². The second-order valence-corrected chi connectivity index (χ2v) is 4.90. The Balaban J connectivity index is 1.96. The number of ether oxygens (including phenoxy) is 2. The molecule has 2 rings (SSSR count). The van der Waals surface area contributed by atoms with Crippen molar-refractivity contribution < 1.29 is 39.5 Å². The molecule has 0 aromatic heterocycles. The van der Waals surface area contributed by atoms with Crippen LogP contribution in [0, 0.1) is 0 Å². The van der Waals surface area contributed by atoms with E-state index in [0.29, 0.717) is 5.56 Å². The highest BCUT2D eigenvalue weighted by molar-refractivity contribution is 5.96. The summed E-state index contributed by atoms with van der Waals surface area (Å²) in [5, 5.41) is 37.7. The van der Waals surface area contributed by atoms with Gasteiger partial charge in [-0.3, -0.25) is 0 Å². The summed E-state index contributed by atoms with van der Waals surface area (Å²) in [5.74, 6) is -2.30. The second-order valence-electron chi connectivity index (χ2n) is 4.90. The summed E-state index contributed by atoms with van der Waals surface area (Å²) in [6.07, 6.45) is -6.69. The van der Waals surface area contributed by atoms with E-state index in [2.05, 4.69) is 9.47 Å². The largest absolute Gasteiger partial charge is 0.388 e. The molecule has 0 spiro atoms. The molecule has 1 fully saturated rings. The molecule has 1 saturated heterocycles. The number of aliphatic hydroxyl groups is 4. The Labute approximate surface area is 131 Å². The van der Waals surface area contributed by atoms with E-state index in [0.717, 1.165) is 6.08 Å². The molecule has 1 aliphatic heterocycles. The monoisotopic (exact) mass is 324 g/mol. The first kappa shape index (κ1) is 17.3. The number of rotatable bonds is 3. The van der Waals surface area contributed by atoms with Crippen molar-refractivity contribution in [2.45, 2.75) is 30.7 Å². The zero-order valence-corrected chi connectivity index (χ0v) is 11.9. The fraction of sp³-hybridized carbons (Fsp3) is 0.333. The highest BCUT2D eigenvalue weighted by atomic mass is 16.7. The van der Waals surface area contributed by atoms with Crippen molar-refractivity contribution in [1.29, 1.82) is 0 Å². The van der Waals surface area contributed by atoms with Gasteiger partial charge in [-0.15, -0.1) is 0 Å². The number of carbonyl (C=O) groups excluding carboxylic acids is 2. The fourth-order valence-electron chi connectivity index (χ4n) is 1.98. The van der Waals surface area contributed by atoms with Crippen molar-refractivity contribution in [3.8, 4) is 0 Å². The van der Waals surface area contributed by atoms with Crippen molar-refractivity contribution >= 4 is 18.0 Å². The maximum absolute atomic E-state index is 11.8. The average molecular weight is 324 g/mol. The Hall–Kier alpha value is -2.10. The molecule has 0 amide bonds. The number of aliphatic hydroxyl groups excluding tert-OH is 4. The molecule has 23 heavy (non-hydrogen) atoms. The minimum atomic E-state index is -1.89. The molecule has 0 unspecified atom stereocenters. The summed E-state index contributed by atoms with van der Waals surface area (Å²) in [6, 6.07) is 8.78. The molecule has 5 atom stereocenters. The van der Waals surface area contributed by atoms with Crippen molar-refractivity contribution in [2.24, 2.45) is 0 Å². The van der Waals surface area contributed by atoms with Gasteiger partial charge in [0, 0.05) is 6.08 Å². The number of carbonyl (C=O) groups is 2. The lowest BCUT2D eigenvalue weighted by atomic mass is 9.99. The smallest absolute Gasteiger partial charge is 0.346 e. The third-order valence-electron chi connectivity index (χ3n) is 3.23. The lowest BCUT2D eigenvalue weighted by Gasteiger charge is -2.36. The van der Waals surface area contributed by atoms with Crippen molar-refractivity contribution in [3.05, 3.63) is 42.0 Å². The van der Waals surface area contributed by atoms with Crippen LogP contribution in [0.4, 0.5) is 0 Å². The molecular weight excluding hydrogens is 308 g/mol. The summed E-state index contributed by atoms with van der Waals surface area (Å²) < 4.78 is 9.11. The fourth-order valence-corrected chi connectivity index (χ4v) is 1.98. The highest BCUT2D eigenvalue weighted by Gasteiger charge is 2.47. The Kier molecular flexibility index (Phi) is 5.59. The van der Waals surface area contributed by atoms with Gasteiger partial charge in [0.15, 0.2) is 12.4 Å². The molecule has 8 nitrogen and oxygen atoms in total. The third kappa shape index (κ3) is 4.21. The minimum Gasteiger partial charge on any atom is -0.388 e. The predicted octanol–water partition coefficient (Wildman–Crippen LogP) is -1.43. The van der Waals surface area contributed by atoms with E-state index < -0.39 is 42.6 Å². The van der Waals surface area contributed by atoms with Gasteiger partial charge in [0.1, 0.15) is 18.3 Å². The van der Waals surface area contributed by atoms with Crippen LogP contribution in [0.2, 0.25) is 0 Å². The van der Waals surface area contributed by atoms with Crippen molar-refractivity contribution in [1.82, 2.24) is 0 Å². The lowest BCUT2D eigenvalue weighted by molar-refractivity contribution is -0.280. The van der Waals surface area contributed by atoms with E-state index >= 15 is 0 Å². The van der Waals surface area contributed by atoms with Gasteiger partial charge in [-0.05, 0) is 11.6 Å². The standard InChI is InChI=1S/C15H16O8/c16-9(7-6-8-4-2-1-3-5-8)22-15(21)13-11(18)10(17)12(19)14(20)23-13/h1-7,10-14,17-20H/b7-6+/t10-,11-,12+,13-,14+/m0/s1. The van der Waals surface area contributed by atoms with Crippen LogP contribution in [0.15, 0.2) is 36.4 Å². The van der Waals surface area contributed by atoms with Gasteiger partial charge in [-0.2, -0.15) is 0 Å². The van der Waals surface area contributed by atoms with Gasteiger partial charge >= 0.3 is 11.9 Å². The molecule has 1 aliphatic rings. The van der Waals surface area contributed by atoms with Crippen LogP contribution in [0.25, 0.3) is 6.08 Å². The van der Waals surface area contributed by atoms with Gasteiger partial charge in [0.25, 0.3) is 0 Å². The Bertz CT molecular complexity index is 584. The van der Waals surface area contributed by atoms with E-state index in [-0.39, 0.29) is 0 Å². The molecule has 1 aromatic carbocycles. The van der Waals surface area contributed by atoms with Crippen molar-refractivity contribution in [3.63, 3.8) is 0 Å². The maximum Gasteiger partial charge on any atom is 0.346 e. The van der Waals surface area contributed by atoms with Crippen LogP contribution < -0.4 is 0 Å². The van der Waals surface area contributed by atoms with E-state index in [1.165, 1.54) is 6.08 Å². The van der Waals surface area contributed by atoms with E-state index in [4.69, 9.17) is 0 Å². The Morgan fingerprint density at radius 2 is 1.65 bits per heavy atom. The summed E-state index contributed by atoms with van der Waals surface area (Å²) in [4.78, 5) is 23.3. The number of benzene rings is 1. The Morgan fingerprint density at radius 3 is 2.30 bits per heavy atom. The normalized spacial score (nSPS) is 31.0. The van der Waals surface area contributed by atoms with Gasteiger partial charge < -0.3 is 29.9 Å². The van der Waals surface area contributed by atoms with E-state index in [1.807, 2.05) is 0 Å². The zero-order chi connectivity index (χ0) is 17.0. The topological polar surface area (TPSA) is 134 Å². The predicted molar refractivity (Wildman–Crippen MR) is 75.5 cm³/mol. The highest BCUT2D eigenvalue weighted by Crippen LogP contribution is 2.20. The summed E-state index contributed by atoms with van der Waals surface area (Å²) in [5.41, 5.74) is 0.708. The first-order valence-corrected chi connectivity index (χ1v) is 6.76. The first-order chi connectivity index (χ1) is 10.9. The molecule has 1 aromatic rings. The van der Waals surface area contributed by atoms with E-state index in [9.17, 15) is 30.0 Å². The van der Waals surface area contributed by atoms with Crippen molar-refractivity contribution in [2.75, 3.05) is 0 Å². The van der Waals surface area contributed by atoms with Gasteiger partial charge in [-0.1, -0.05) is 30.3 Å².